The highest BCUT2D eigenvalue weighted by Gasteiger charge is 2.35. The van der Waals surface area contributed by atoms with Gasteiger partial charge in [-0.1, -0.05) is 0 Å². The number of rotatable bonds is 1. The second-order valence-electron chi connectivity index (χ2n) is 5.24. The van der Waals surface area contributed by atoms with Crippen LogP contribution in [-0.2, 0) is 14.3 Å². The first-order valence-electron chi connectivity index (χ1n) is 6.09. The molecule has 0 aromatic carbocycles. The van der Waals surface area contributed by atoms with E-state index in [1.807, 2.05) is 4.90 Å². The molecule has 0 bridgehead atoms. The fourth-order valence-corrected chi connectivity index (χ4v) is 2.48. The van der Waals surface area contributed by atoms with E-state index in [1.165, 1.54) is 0 Å². The quantitative estimate of drug-likeness (QED) is 0.672. The Morgan fingerprint density at radius 2 is 1.94 bits per heavy atom. The van der Waals surface area contributed by atoms with Crippen LogP contribution in [0.1, 0.15) is 26.7 Å². The third kappa shape index (κ3) is 2.74. The molecule has 0 aliphatic carbocycles. The Morgan fingerprint density at radius 1 is 1.25 bits per heavy atom. The topological polar surface area (TPSA) is 38.8 Å². The number of hydrogen-bond acceptors (Lipinski definition) is 3. The fraction of sp³-hybridized carbons (Fsp3) is 0.917. The van der Waals surface area contributed by atoms with Crippen LogP contribution in [0.25, 0.3) is 0 Å². The molecule has 0 unspecified atom stereocenters. The second kappa shape index (κ2) is 4.72. The Balaban J connectivity index is 1.93. The van der Waals surface area contributed by atoms with Gasteiger partial charge in [-0.25, -0.2) is 0 Å². The van der Waals surface area contributed by atoms with Gasteiger partial charge in [0.2, 0.25) is 5.91 Å². The molecule has 1 amide bonds. The van der Waals surface area contributed by atoms with Crippen molar-refractivity contribution >= 4 is 5.91 Å². The van der Waals surface area contributed by atoms with Gasteiger partial charge in [-0.2, -0.15) is 0 Å². The van der Waals surface area contributed by atoms with Gasteiger partial charge in [-0.05, 0) is 26.7 Å². The number of nitrogens with zero attached hydrogens (tertiary/aromatic N) is 1. The highest BCUT2D eigenvalue weighted by Crippen LogP contribution is 2.29. The first kappa shape index (κ1) is 11.9. The van der Waals surface area contributed by atoms with E-state index in [0.717, 1.165) is 25.9 Å². The number of ether oxygens (including phenoxy) is 2. The molecule has 2 heterocycles. The molecular weight excluding hydrogens is 206 g/mol. The van der Waals surface area contributed by atoms with Crippen LogP contribution < -0.4 is 0 Å². The van der Waals surface area contributed by atoms with Gasteiger partial charge >= 0.3 is 0 Å². The minimum atomic E-state index is -0.148. The predicted octanol–water partition coefficient (Wildman–Crippen LogP) is 1.05. The molecule has 16 heavy (non-hydrogen) atoms. The molecular formula is C12H21NO3. The SMILES string of the molecule is CC1(C)C[C@@H](C(=O)N2CCOCC2)CCO1. The van der Waals surface area contributed by atoms with Gasteiger partial charge in [-0.3, -0.25) is 4.79 Å². The van der Waals surface area contributed by atoms with Crippen LogP contribution in [0.15, 0.2) is 0 Å². The third-order valence-electron chi connectivity index (χ3n) is 3.37. The molecule has 0 saturated carbocycles. The maximum atomic E-state index is 12.3. The molecule has 0 aromatic rings. The molecule has 4 nitrogen and oxygen atoms in total. The van der Waals surface area contributed by atoms with Crippen LogP contribution in [0.5, 0.6) is 0 Å². The van der Waals surface area contributed by atoms with Crippen LogP contribution >= 0.6 is 0 Å². The first-order valence-corrected chi connectivity index (χ1v) is 6.09. The average molecular weight is 227 g/mol. The molecule has 4 heteroatoms. The third-order valence-corrected chi connectivity index (χ3v) is 3.37. The summed E-state index contributed by atoms with van der Waals surface area (Å²) in [6, 6.07) is 0. The summed E-state index contributed by atoms with van der Waals surface area (Å²) in [4.78, 5) is 14.2. The van der Waals surface area contributed by atoms with Crippen LogP contribution in [0, 0.1) is 5.92 Å². The van der Waals surface area contributed by atoms with E-state index in [2.05, 4.69) is 13.8 Å². The summed E-state index contributed by atoms with van der Waals surface area (Å²) in [6.07, 6.45) is 1.70. The Bertz CT molecular complexity index is 259. The van der Waals surface area contributed by atoms with Gasteiger partial charge in [0.15, 0.2) is 0 Å². The van der Waals surface area contributed by atoms with Crippen molar-refractivity contribution in [3.05, 3.63) is 0 Å². The van der Waals surface area contributed by atoms with E-state index in [4.69, 9.17) is 9.47 Å². The molecule has 2 fully saturated rings. The number of carbonyl (C=O) groups excluding carboxylic acids is 1. The zero-order chi connectivity index (χ0) is 11.6. The summed E-state index contributed by atoms with van der Waals surface area (Å²) < 4.78 is 10.9. The number of carbonyl (C=O) groups is 1. The summed E-state index contributed by atoms with van der Waals surface area (Å²) in [5.41, 5.74) is -0.148. The molecule has 92 valence electrons. The monoisotopic (exact) mass is 227 g/mol. The Hall–Kier alpha value is -0.610. The van der Waals surface area contributed by atoms with Crippen LogP contribution in [0.3, 0.4) is 0 Å². The summed E-state index contributed by atoms with van der Waals surface area (Å²) in [5.74, 6) is 0.432. The standard InChI is InChI=1S/C12H21NO3/c1-12(2)9-10(3-6-16-12)11(14)13-4-7-15-8-5-13/h10H,3-9H2,1-2H3/t10-/m0/s1. The highest BCUT2D eigenvalue weighted by atomic mass is 16.5. The van der Waals surface area contributed by atoms with Gasteiger partial charge in [0, 0.05) is 25.6 Å². The van der Waals surface area contributed by atoms with Gasteiger partial charge in [0.1, 0.15) is 0 Å². The van der Waals surface area contributed by atoms with Gasteiger partial charge in [-0.15, -0.1) is 0 Å². The smallest absolute Gasteiger partial charge is 0.226 e. The highest BCUT2D eigenvalue weighted by molar-refractivity contribution is 5.79. The lowest BCUT2D eigenvalue weighted by atomic mass is 9.87. The van der Waals surface area contributed by atoms with Crippen molar-refractivity contribution in [1.82, 2.24) is 4.90 Å². The van der Waals surface area contributed by atoms with E-state index in [9.17, 15) is 4.79 Å². The Morgan fingerprint density at radius 3 is 2.56 bits per heavy atom. The minimum absolute atomic E-state index is 0.141. The predicted molar refractivity (Wildman–Crippen MR) is 60.2 cm³/mol. The van der Waals surface area contributed by atoms with Gasteiger partial charge < -0.3 is 14.4 Å². The summed E-state index contributed by atoms with van der Waals surface area (Å²) in [6.45, 7) is 7.68. The molecule has 2 aliphatic heterocycles. The van der Waals surface area contributed by atoms with Crippen LogP contribution in [0.2, 0.25) is 0 Å². The average Bonchev–Trinajstić information content (AvgIpc) is 2.28. The van der Waals surface area contributed by atoms with E-state index in [-0.39, 0.29) is 11.5 Å². The summed E-state index contributed by atoms with van der Waals surface area (Å²) >= 11 is 0. The molecule has 1 atom stereocenters. The zero-order valence-corrected chi connectivity index (χ0v) is 10.2. The molecule has 0 spiro atoms. The van der Waals surface area contributed by atoms with Crippen molar-refractivity contribution in [3.63, 3.8) is 0 Å². The largest absolute Gasteiger partial charge is 0.378 e. The van der Waals surface area contributed by atoms with E-state index >= 15 is 0 Å². The maximum absolute atomic E-state index is 12.3. The molecule has 2 aliphatic rings. The zero-order valence-electron chi connectivity index (χ0n) is 10.2. The number of morpholine rings is 1. The lowest BCUT2D eigenvalue weighted by molar-refractivity contribution is -0.149. The van der Waals surface area contributed by atoms with Crippen molar-refractivity contribution in [3.8, 4) is 0 Å². The lowest BCUT2D eigenvalue weighted by Gasteiger charge is -2.38. The van der Waals surface area contributed by atoms with Gasteiger partial charge in [0.25, 0.3) is 0 Å². The first-order chi connectivity index (χ1) is 7.58. The van der Waals surface area contributed by atoms with Crippen molar-refractivity contribution < 1.29 is 14.3 Å². The van der Waals surface area contributed by atoms with Crippen molar-refractivity contribution in [2.24, 2.45) is 5.92 Å². The van der Waals surface area contributed by atoms with Crippen molar-refractivity contribution in [2.75, 3.05) is 32.9 Å². The molecule has 2 saturated heterocycles. The Kier molecular flexibility index (Phi) is 3.50. The van der Waals surface area contributed by atoms with Crippen molar-refractivity contribution in [1.29, 1.82) is 0 Å². The molecule has 2 rings (SSSR count). The fourth-order valence-electron chi connectivity index (χ4n) is 2.48. The normalized spacial score (nSPS) is 30.1. The molecule has 0 aromatic heterocycles. The van der Waals surface area contributed by atoms with E-state index in [0.29, 0.717) is 25.7 Å². The number of hydrogen-bond donors (Lipinski definition) is 0. The summed E-state index contributed by atoms with van der Waals surface area (Å²) in [7, 11) is 0. The minimum Gasteiger partial charge on any atom is -0.378 e. The van der Waals surface area contributed by atoms with Crippen LogP contribution in [-0.4, -0.2) is 49.3 Å². The summed E-state index contributed by atoms with van der Waals surface area (Å²) in [5, 5.41) is 0. The van der Waals surface area contributed by atoms with Crippen molar-refractivity contribution in [2.45, 2.75) is 32.3 Å². The molecule has 0 radical (unpaired) electrons. The van der Waals surface area contributed by atoms with E-state index in [1.54, 1.807) is 0 Å². The number of amides is 1. The Labute approximate surface area is 96.9 Å². The molecule has 0 N–H and O–H groups in total. The lowest BCUT2D eigenvalue weighted by Crippen LogP contribution is -2.47. The maximum Gasteiger partial charge on any atom is 0.226 e. The van der Waals surface area contributed by atoms with E-state index < -0.39 is 0 Å². The van der Waals surface area contributed by atoms with Crippen LogP contribution in [0.4, 0.5) is 0 Å². The second-order valence-corrected chi connectivity index (χ2v) is 5.24. The van der Waals surface area contributed by atoms with Gasteiger partial charge in [0.05, 0.1) is 18.8 Å².